The molecule has 0 aromatic carbocycles. The van der Waals surface area contributed by atoms with E-state index in [0.717, 1.165) is 13.0 Å². The largest absolute Gasteiger partial charge is 0.483 e. The number of aryl methyl sites for hydroxylation is 1. The Morgan fingerprint density at radius 3 is 3.05 bits per heavy atom. The molecule has 0 unspecified atom stereocenters. The molecule has 0 saturated carbocycles. The van der Waals surface area contributed by atoms with Crippen LogP contribution in [0.25, 0.3) is 0 Å². The Labute approximate surface area is 109 Å². The Bertz CT molecular complexity index is 568. The summed E-state index contributed by atoms with van der Waals surface area (Å²) in [6.45, 7) is 2.94. The Morgan fingerprint density at radius 2 is 2.32 bits per heavy atom. The van der Waals surface area contributed by atoms with Gasteiger partial charge in [0.15, 0.2) is 17.3 Å². The van der Waals surface area contributed by atoms with Crippen molar-refractivity contribution in [3.05, 3.63) is 36.2 Å². The zero-order valence-electron chi connectivity index (χ0n) is 10.5. The second-order valence-corrected chi connectivity index (χ2v) is 3.84. The van der Waals surface area contributed by atoms with E-state index in [1.54, 1.807) is 16.8 Å². The van der Waals surface area contributed by atoms with E-state index in [2.05, 4.69) is 15.1 Å². The summed E-state index contributed by atoms with van der Waals surface area (Å²) in [6, 6.07) is 3.19. The Kier molecular flexibility index (Phi) is 4.07. The van der Waals surface area contributed by atoms with Crippen LogP contribution in [0.1, 0.15) is 29.7 Å². The van der Waals surface area contributed by atoms with Crippen molar-refractivity contribution in [3.8, 4) is 5.75 Å². The van der Waals surface area contributed by atoms with Gasteiger partial charge in [-0.15, -0.1) is 0 Å². The lowest BCUT2D eigenvalue weighted by molar-refractivity contribution is 0.0684. The maximum atomic E-state index is 11.0. The molecule has 0 amide bonds. The highest BCUT2D eigenvalue weighted by Gasteiger charge is 2.13. The average Bonchev–Trinajstić information content (AvgIpc) is 2.84. The van der Waals surface area contributed by atoms with Crippen molar-refractivity contribution >= 4 is 5.97 Å². The molecule has 0 saturated heterocycles. The third-order valence-electron chi connectivity index (χ3n) is 2.46. The van der Waals surface area contributed by atoms with Gasteiger partial charge in [-0.2, -0.15) is 5.10 Å². The summed E-state index contributed by atoms with van der Waals surface area (Å²) in [5, 5.41) is 13.1. The molecule has 2 aromatic heterocycles. The van der Waals surface area contributed by atoms with Gasteiger partial charge in [0.2, 0.25) is 0 Å². The first kappa shape index (κ1) is 13.0. The van der Waals surface area contributed by atoms with Crippen LogP contribution < -0.4 is 4.74 Å². The molecule has 2 aromatic rings. The summed E-state index contributed by atoms with van der Waals surface area (Å²) < 4.78 is 7.20. The molecule has 7 nitrogen and oxygen atoms in total. The van der Waals surface area contributed by atoms with Gasteiger partial charge in [-0.05, 0) is 18.6 Å². The standard InChI is InChI=1S/C12H14N4O3/c1-2-6-16-10(14-8-15-16)7-19-9-4-3-5-13-11(9)12(17)18/h3-5,8H,2,6-7H2,1H3,(H,17,18). The minimum atomic E-state index is -1.12. The van der Waals surface area contributed by atoms with Crippen LogP contribution in [-0.2, 0) is 13.2 Å². The molecular weight excluding hydrogens is 248 g/mol. The average molecular weight is 262 g/mol. The van der Waals surface area contributed by atoms with E-state index in [0.29, 0.717) is 5.82 Å². The third kappa shape index (κ3) is 3.06. The van der Waals surface area contributed by atoms with Gasteiger partial charge in [-0.3, -0.25) is 0 Å². The number of rotatable bonds is 6. The first-order valence-electron chi connectivity index (χ1n) is 5.90. The van der Waals surface area contributed by atoms with Gasteiger partial charge in [0.25, 0.3) is 0 Å². The number of hydrogen-bond acceptors (Lipinski definition) is 5. The second kappa shape index (κ2) is 5.94. The highest BCUT2D eigenvalue weighted by molar-refractivity contribution is 5.88. The quantitative estimate of drug-likeness (QED) is 0.845. The van der Waals surface area contributed by atoms with Crippen molar-refractivity contribution < 1.29 is 14.6 Å². The smallest absolute Gasteiger partial charge is 0.358 e. The molecular formula is C12H14N4O3. The van der Waals surface area contributed by atoms with Crippen LogP contribution in [0.5, 0.6) is 5.75 Å². The maximum absolute atomic E-state index is 11.0. The Balaban J connectivity index is 2.10. The molecule has 2 rings (SSSR count). The lowest BCUT2D eigenvalue weighted by atomic mass is 10.3. The number of ether oxygens (including phenoxy) is 1. The summed E-state index contributed by atoms with van der Waals surface area (Å²) in [5.41, 5.74) is -0.107. The van der Waals surface area contributed by atoms with Crippen molar-refractivity contribution in [1.82, 2.24) is 19.7 Å². The van der Waals surface area contributed by atoms with Gasteiger partial charge in [-0.1, -0.05) is 6.92 Å². The number of carboxylic acids is 1. The number of nitrogens with zero attached hydrogens (tertiary/aromatic N) is 4. The van der Waals surface area contributed by atoms with Crippen LogP contribution in [0, 0.1) is 0 Å². The zero-order valence-corrected chi connectivity index (χ0v) is 10.5. The van der Waals surface area contributed by atoms with Crippen LogP contribution in [0.2, 0.25) is 0 Å². The van der Waals surface area contributed by atoms with Crippen molar-refractivity contribution in [2.45, 2.75) is 26.5 Å². The van der Waals surface area contributed by atoms with E-state index >= 15 is 0 Å². The van der Waals surface area contributed by atoms with Crippen LogP contribution in [0.4, 0.5) is 0 Å². The fourth-order valence-corrected chi connectivity index (χ4v) is 1.61. The van der Waals surface area contributed by atoms with E-state index in [9.17, 15) is 4.79 Å². The summed E-state index contributed by atoms with van der Waals surface area (Å²) in [4.78, 5) is 18.8. The summed E-state index contributed by atoms with van der Waals surface area (Å²) in [5.74, 6) is -0.242. The van der Waals surface area contributed by atoms with E-state index in [4.69, 9.17) is 9.84 Å². The van der Waals surface area contributed by atoms with Gasteiger partial charge in [0, 0.05) is 12.7 Å². The molecule has 0 bridgehead atoms. The molecule has 2 heterocycles. The molecule has 0 aliphatic heterocycles. The number of carbonyl (C=O) groups is 1. The molecule has 100 valence electrons. The molecule has 19 heavy (non-hydrogen) atoms. The van der Waals surface area contributed by atoms with Crippen molar-refractivity contribution in [2.24, 2.45) is 0 Å². The van der Waals surface area contributed by atoms with Gasteiger partial charge in [0.1, 0.15) is 12.9 Å². The van der Waals surface area contributed by atoms with Crippen LogP contribution in [0.3, 0.4) is 0 Å². The van der Waals surface area contributed by atoms with Crippen molar-refractivity contribution in [1.29, 1.82) is 0 Å². The minimum Gasteiger partial charge on any atom is -0.483 e. The Morgan fingerprint density at radius 1 is 1.47 bits per heavy atom. The van der Waals surface area contributed by atoms with E-state index in [1.807, 2.05) is 6.92 Å². The molecule has 0 spiro atoms. The fraction of sp³-hybridized carbons (Fsp3) is 0.333. The minimum absolute atomic E-state index is 0.107. The molecule has 0 atom stereocenters. The topological polar surface area (TPSA) is 90.1 Å². The van der Waals surface area contributed by atoms with Crippen LogP contribution >= 0.6 is 0 Å². The van der Waals surface area contributed by atoms with Crippen molar-refractivity contribution in [3.63, 3.8) is 0 Å². The highest BCUT2D eigenvalue weighted by atomic mass is 16.5. The van der Waals surface area contributed by atoms with Gasteiger partial charge >= 0.3 is 5.97 Å². The van der Waals surface area contributed by atoms with Gasteiger partial charge in [0.05, 0.1) is 0 Å². The lowest BCUT2D eigenvalue weighted by Gasteiger charge is -2.08. The lowest BCUT2D eigenvalue weighted by Crippen LogP contribution is -2.10. The highest BCUT2D eigenvalue weighted by Crippen LogP contribution is 2.16. The summed E-state index contributed by atoms with van der Waals surface area (Å²) in [6.07, 6.45) is 3.80. The molecule has 0 aliphatic rings. The van der Waals surface area contributed by atoms with Crippen molar-refractivity contribution in [2.75, 3.05) is 0 Å². The predicted octanol–water partition coefficient (Wildman–Crippen LogP) is 1.36. The monoisotopic (exact) mass is 262 g/mol. The number of aromatic carboxylic acids is 1. The number of aromatic nitrogens is 4. The van der Waals surface area contributed by atoms with Crippen LogP contribution in [0.15, 0.2) is 24.7 Å². The normalized spacial score (nSPS) is 10.4. The summed E-state index contributed by atoms with van der Waals surface area (Å²) in [7, 11) is 0. The van der Waals surface area contributed by atoms with E-state index in [-0.39, 0.29) is 18.1 Å². The Hall–Kier alpha value is -2.44. The zero-order chi connectivity index (χ0) is 13.7. The number of carboxylic acid groups (broad SMARTS) is 1. The third-order valence-corrected chi connectivity index (χ3v) is 2.46. The van der Waals surface area contributed by atoms with E-state index < -0.39 is 5.97 Å². The first-order valence-corrected chi connectivity index (χ1v) is 5.90. The molecule has 0 radical (unpaired) electrons. The predicted molar refractivity (Wildman–Crippen MR) is 65.8 cm³/mol. The van der Waals surface area contributed by atoms with Crippen LogP contribution in [-0.4, -0.2) is 30.8 Å². The number of pyridine rings is 1. The maximum Gasteiger partial charge on any atom is 0.358 e. The second-order valence-electron chi connectivity index (χ2n) is 3.84. The first-order chi connectivity index (χ1) is 9.22. The van der Waals surface area contributed by atoms with Gasteiger partial charge < -0.3 is 9.84 Å². The summed E-state index contributed by atoms with van der Waals surface area (Å²) >= 11 is 0. The SMILES string of the molecule is CCCn1ncnc1COc1cccnc1C(=O)O. The number of hydrogen-bond donors (Lipinski definition) is 1. The molecule has 0 fully saturated rings. The fourth-order valence-electron chi connectivity index (χ4n) is 1.61. The molecule has 0 aliphatic carbocycles. The van der Waals surface area contributed by atoms with E-state index in [1.165, 1.54) is 12.5 Å². The van der Waals surface area contributed by atoms with Gasteiger partial charge in [-0.25, -0.2) is 19.4 Å². The molecule has 7 heteroatoms. The molecule has 1 N–H and O–H groups in total.